The van der Waals surface area contributed by atoms with Gasteiger partial charge in [0, 0.05) is 18.2 Å². The van der Waals surface area contributed by atoms with Crippen LogP contribution in [-0.2, 0) is 0 Å². The molecule has 1 unspecified atom stereocenters. The van der Waals surface area contributed by atoms with Gasteiger partial charge < -0.3 is 10.1 Å². The Hall–Kier alpha value is -2.24. The van der Waals surface area contributed by atoms with E-state index in [1.54, 1.807) is 13.0 Å². The highest BCUT2D eigenvalue weighted by Crippen LogP contribution is 2.26. The Bertz CT molecular complexity index is 660. The van der Waals surface area contributed by atoms with Gasteiger partial charge in [-0.1, -0.05) is 6.07 Å². The third-order valence-corrected chi connectivity index (χ3v) is 3.06. The summed E-state index contributed by atoms with van der Waals surface area (Å²) in [5.74, 6) is -3.82. The van der Waals surface area contributed by atoms with Crippen molar-refractivity contribution < 1.29 is 22.3 Å². The molecular formula is C15H13F4NO. The van der Waals surface area contributed by atoms with E-state index in [0.29, 0.717) is 11.6 Å². The predicted molar refractivity (Wildman–Crippen MR) is 71.3 cm³/mol. The fourth-order valence-electron chi connectivity index (χ4n) is 1.90. The maximum Gasteiger partial charge on any atom is 0.165 e. The predicted octanol–water partition coefficient (Wildman–Crippen LogP) is 4.42. The highest BCUT2D eigenvalue weighted by atomic mass is 19.2. The van der Waals surface area contributed by atoms with Crippen LogP contribution >= 0.6 is 0 Å². The van der Waals surface area contributed by atoms with E-state index in [0.717, 1.165) is 6.07 Å². The van der Waals surface area contributed by atoms with Crippen LogP contribution in [0.4, 0.5) is 23.2 Å². The first kappa shape index (κ1) is 15.2. The lowest BCUT2D eigenvalue weighted by Gasteiger charge is -2.17. The molecule has 0 amide bonds. The van der Waals surface area contributed by atoms with Crippen molar-refractivity contribution >= 4 is 5.69 Å². The summed E-state index contributed by atoms with van der Waals surface area (Å²) in [6, 6.07) is 4.93. The van der Waals surface area contributed by atoms with Gasteiger partial charge in [0.05, 0.1) is 12.8 Å². The molecule has 21 heavy (non-hydrogen) atoms. The molecule has 0 spiro atoms. The van der Waals surface area contributed by atoms with Gasteiger partial charge in [-0.05, 0) is 24.6 Å². The summed E-state index contributed by atoms with van der Waals surface area (Å²) >= 11 is 0. The second-order valence-corrected chi connectivity index (χ2v) is 4.51. The molecule has 0 heterocycles. The molecule has 0 bridgehead atoms. The second-order valence-electron chi connectivity index (χ2n) is 4.51. The van der Waals surface area contributed by atoms with Gasteiger partial charge in [-0.15, -0.1) is 0 Å². The molecule has 2 aromatic rings. The molecule has 0 radical (unpaired) electrons. The first-order valence-corrected chi connectivity index (χ1v) is 6.17. The smallest absolute Gasteiger partial charge is 0.165 e. The van der Waals surface area contributed by atoms with Crippen LogP contribution in [0.25, 0.3) is 0 Å². The van der Waals surface area contributed by atoms with Crippen LogP contribution in [0.15, 0.2) is 30.3 Å². The zero-order chi connectivity index (χ0) is 15.6. The van der Waals surface area contributed by atoms with E-state index in [1.807, 2.05) is 0 Å². The zero-order valence-corrected chi connectivity index (χ0v) is 11.4. The molecular weight excluding hydrogens is 286 g/mol. The Labute approximate surface area is 119 Å². The highest BCUT2D eigenvalue weighted by molar-refractivity contribution is 5.47. The maximum atomic E-state index is 13.6. The second kappa shape index (κ2) is 6.03. The largest absolute Gasteiger partial charge is 0.494 e. The first-order chi connectivity index (χ1) is 9.92. The van der Waals surface area contributed by atoms with Crippen LogP contribution in [0.3, 0.4) is 0 Å². The van der Waals surface area contributed by atoms with Gasteiger partial charge in [-0.3, -0.25) is 0 Å². The number of anilines is 1. The summed E-state index contributed by atoms with van der Waals surface area (Å²) in [6.45, 7) is 1.64. The lowest BCUT2D eigenvalue weighted by atomic mass is 10.1. The zero-order valence-electron chi connectivity index (χ0n) is 11.4. The number of hydrogen-bond acceptors (Lipinski definition) is 2. The van der Waals surface area contributed by atoms with Crippen LogP contribution in [-0.4, -0.2) is 7.11 Å². The van der Waals surface area contributed by atoms with Crippen molar-refractivity contribution in [3.63, 3.8) is 0 Å². The average Bonchev–Trinajstić information content (AvgIpc) is 2.44. The van der Waals surface area contributed by atoms with Crippen molar-refractivity contribution in [2.24, 2.45) is 0 Å². The number of hydrogen-bond donors (Lipinski definition) is 1. The number of nitrogens with one attached hydrogen (secondary N) is 1. The molecule has 0 fully saturated rings. The molecule has 112 valence electrons. The van der Waals surface area contributed by atoms with Crippen LogP contribution in [0.5, 0.6) is 5.75 Å². The molecule has 0 saturated carbocycles. The quantitative estimate of drug-likeness (QED) is 0.666. The third-order valence-electron chi connectivity index (χ3n) is 3.06. The summed E-state index contributed by atoms with van der Waals surface area (Å²) < 4.78 is 57.9. The fraction of sp³-hybridized carbons (Fsp3) is 0.200. The minimum atomic E-state index is -1.26. The van der Waals surface area contributed by atoms with E-state index in [1.165, 1.54) is 19.2 Å². The molecule has 6 heteroatoms. The molecule has 0 aliphatic rings. The van der Waals surface area contributed by atoms with E-state index in [-0.39, 0.29) is 11.4 Å². The Kier molecular flexibility index (Phi) is 4.35. The van der Waals surface area contributed by atoms with Crippen molar-refractivity contribution in [2.45, 2.75) is 13.0 Å². The van der Waals surface area contributed by atoms with Gasteiger partial charge in [-0.25, -0.2) is 17.6 Å². The van der Waals surface area contributed by atoms with Crippen molar-refractivity contribution in [1.29, 1.82) is 0 Å². The van der Waals surface area contributed by atoms with Crippen LogP contribution in [0, 0.1) is 23.3 Å². The topological polar surface area (TPSA) is 21.3 Å². The van der Waals surface area contributed by atoms with Crippen LogP contribution in [0.1, 0.15) is 18.5 Å². The number of methoxy groups -OCH3 is 1. The van der Waals surface area contributed by atoms with E-state index in [9.17, 15) is 17.6 Å². The van der Waals surface area contributed by atoms with Crippen molar-refractivity contribution in [3.8, 4) is 5.75 Å². The molecule has 1 atom stereocenters. The molecule has 0 aliphatic carbocycles. The highest BCUT2D eigenvalue weighted by Gasteiger charge is 2.14. The van der Waals surface area contributed by atoms with E-state index < -0.39 is 29.3 Å². The molecule has 0 aromatic heterocycles. The lowest BCUT2D eigenvalue weighted by Crippen LogP contribution is -2.09. The Morgan fingerprint density at radius 3 is 2.19 bits per heavy atom. The molecule has 0 saturated heterocycles. The average molecular weight is 299 g/mol. The van der Waals surface area contributed by atoms with Crippen molar-refractivity contribution in [3.05, 3.63) is 59.2 Å². The Morgan fingerprint density at radius 1 is 0.905 bits per heavy atom. The Morgan fingerprint density at radius 2 is 1.57 bits per heavy atom. The normalized spacial score (nSPS) is 12.1. The summed E-state index contributed by atoms with van der Waals surface area (Å²) in [5.41, 5.74) is 0.315. The summed E-state index contributed by atoms with van der Waals surface area (Å²) in [4.78, 5) is 0. The summed E-state index contributed by atoms with van der Waals surface area (Å²) in [5, 5.41) is 2.67. The molecule has 0 aliphatic heterocycles. The van der Waals surface area contributed by atoms with E-state index >= 15 is 0 Å². The molecule has 1 N–H and O–H groups in total. The standard InChI is InChI=1S/C15H13F4NO/c1-8(9-3-4-15(21-2)13(19)5-9)20-14-7-11(17)10(16)6-12(14)18/h3-8,20H,1-2H3. The van der Waals surface area contributed by atoms with Crippen molar-refractivity contribution in [2.75, 3.05) is 12.4 Å². The number of ether oxygens (including phenoxy) is 1. The number of benzene rings is 2. The fourth-order valence-corrected chi connectivity index (χ4v) is 1.90. The number of rotatable bonds is 4. The van der Waals surface area contributed by atoms with E-state index in [4.69, 9.17) is 4.74 Å². The monoisotopic (exact) mass is 299 g/mol. The number of halogens is 4. The van der Waals surface area contributed by atoms with Gasteiger partial charge >= 0.3 is 0 Å². The third kappa shape index (κ3) is 3.26. The van der Waals surface area contributed by atoms with Crippen LogP contribution in [0.2, 0.25) is 0 Å². The van der Waals surface area contributed by atoms with Gasteiger partial charge in [0.15, 0.2) is 23.2 Å². The maximum absolute atomic E-state index is 13.6. The minimum absolute atomic E-state index is 0.0879. The van der Waals surface area contributed by atoms with Crippen LogP contribution < -0.4 is 10.1 Å². The van der Waals surface area contributed by atoms with Gasteiger partial charge in [0.25, 0.3) is 0 Å². The van der Waals surface area contributed by atoms with Gasteiger partial charge in [0.2, 0.25) is 0 Å². The van der Waals surface area contributed by atoms with Gasteiger partial charge in [-0.2, -0.15) is 0 Å². The van der Waals surface area contributed by atoms with Gasteiger partial charge in [0.1, 0.15) is 5.82 Å². The van der Waals surface area contributed by atoms with Crippen molar-refractivity contribution in [1.82, 2.24) is 0 Å². The summed E-state index contributed by atoms with van der Waals surface area (Å²) in [7, 11) is 1.34. The molecule has 2 aromatic carbocycles. The van der Waals surface area contributed by atoms with E-state index in [2.05, 4.69) is 5.32 Å². The lowest BCUT2D eigenvalue weighted by molar-refractivity contribution is 0.386. The SMILES string of the molecule is COc1ccc(C(C)Nc2cc(F)c(F)cc2F)cc1F. The minimum Gasteiger partial charge on any atom is -0.494 e. The molecule has 2 nitrogen and oxygen atoms in total. The Balaban J connectivity index is 2.23. The first-order valence-electron chi connectivity index (χ1n) is 6.17. The molecule has 2 rings (SSSR count). The summed E-state index contributed by atoms with van der Waals surface area (Å²) in [6.07, 6.45) is 0.